The second-order valence-electron chi connectivity index (χ2n) is 9.92. The number of benzene rings is 1. The van der Waals surface area contributed by atoms with Crippen molar-refractivity contribution in [1.29, 1.82) is 0 Å². The molecule has 0 atom stereocenters. The number of cyclic esters (lactones) is 1. The molecule has 0 spiro atoms. The summed E-state index contributed by atoms with van der Waals surface area (Å²) in [6, 6.07) is -0.281. The summed E-state index contributed by atoms with van der Waals surface area (Å²) in [6.07, 6.45) is 7.03. The number of anilines is 1. The molecule has 1 N–H and O–H groups in total. The van der Waals surface area contributed by atoms with Crippen LogP contribution >= 0.6 is 0 Å². The summed E-state index contributed by atoms with van der Waals surface area (Å²) >= 11 is 0. The number of rotatable bonds is 12. The Balaban J connectivity index is 1.71. The molecule has 0 aromatic heterocycles. The van der Waals surface area contributed by atoms with Crippen LogP contribution in [0.5, 0.6) is 5.75 Å². The number of piperidine rings is 1. The van der Waals surface area contributed by atoms with Crippen molar-refractivity contribution in [3.8, 4) is 5.75 Å². The van der Waals surface area contributed by atoms with Gasteiger partial charge in [0.05, 0.1) is 18.4 Å². The lowest BCUT2D eigenvalue weighted by molar-refractivity contribution is -0.144. The van der Waals surface area contributed by atoms with Crippen molar-refractivity contribution in [1.82, 2.24) is 9.80 Å². The van der Waals surface area contributed by atoms with Crippen molar-refractivity contribution in [3.05, 3.63) is 33.9 Å². The monoisotopic (exact) mass is 529 g/mol. The summed E-state index contributed by atoms with van der Waals surface area (Å²) in [7, 11) is 1.59. The molecule has 0 saturated carbocycles. The maximum atomic E-state index is 13.0. The Morgan fingerprint density at radius 3 is 2.50 bits per heavy atom. The number of amides is 2. The van der Waals surface area contributed by atoms with Crippen molar-refractivity contribution in [2.45, 2.75) is 72.8 Å². The zero-order valence-electron chi connectivity index (χ0n) is 23.6. The van der Waals surface area contributed by atoms with E-state index in [0.717, 1.165) is 36.3 Å². The van der Waals surface area contributed by atoms with Gasteiger partial charge in [0.2, 0.25) is 0 Å². The van der Waals surface area contributed by atoms with E-state index < -0.39 is 5.97 Å². The van der Waals surface area contributed by atoms with Crippen LogP contribution in [0, 0.1) is 6.92 Å². The standard InChI is InChI=1S/C29H43N3O6/c1-6-32(7-2)29(35)30-26-22(27(36-5)21(4)23-19-38-28(34)25(23)26)13-11-20(3)12-14-24(33)37-18-17-31-15-9-8-10-16-31/h11H,6-10,12-19H2,1-5H3,(H,30,35). The molecule has 0 bridgehead atoms. The number of hydrogen-bond donors (Lipinski definition) is 1. The molecule has 1 aromatic rings. The number of methoxy groups -OCH3 is 1. The Kier molecular flexibility index (Phi) is 11.0. The number of likely N-dealkylation sites (tertiary alicyclic amines) is 1. The Morgan fingerprint density at radius 2 is 1.84 bits per heavy atom. The van der Waals surface area contributed by atoms with Gasteiger partial charge in [-0.25, -0.2) is 9.59 Å². The minimum absolute atomic E-state index is 0.152. The molecule has 3 rings (SSSR count). The molecule has 9 nitrogen and oxygen atoms in total. The molecule has 1 aromatic carbocycles. The minimum Gasteiger partial charge on any atom is -0.496 e. The summed E-state index contributed by atoms with van der Waals surface area (Å²) in [5, 5.41) is 2.97. The Hall–Kier alpha value is -3.07. The zero-order chi connectivity index (χ0) is 27.7. The van der Waals surface area contributed by atoms with Gasteiger partial charge in [0, 0.05) is 37.2 Å². The van der Waals surface area contributed by atoms with Crippen molar-refractivity contribution >= 4 is 23.7 Å². The number of nitrogens with zero attached hydrogens (tertiary/aromatic N) is 2. The molecule has 2 heterocycles. The van der Waals surface area contributed by atoms with Gasteiger partial charge in [0.1, 0.15) is 19.0 Å². The summed E-state index contributed by atoms with van der Waals surface area (Å²) in [4.78, 5) is 41.9. The highest BCUT2D eigenvalue weighted by atomic mass is 16.5. The molecule has 2 amide bonds. The van der Waals surface area contributed by atoms with Gasteiger partial charge in [-0.3, -0.25) is 9.69 Å². The summed E-state index contributed by atoms with van der Waals surface area (Å²) in [5.41, 5.74) is 4.12. The number of carbonyl (C=O) groups is 3. The Labute approximate surface area is 226 Å². The number of allylic oxidation sites excluding steroid dienone is 2. The predicted molar refractivity (Wildman–Crippen MR) is 147 cm³/mol. The van der Waals surface area contributed by atoms with Gasteiger partial charge in [-0.2, -0.15) is 0 Å². The van der Waals surface area contributed by atoms with Crippen molar-refractivity contribution in [2.75, 3.05) is 51.8 Å². The average Bonchev–Trinajstić information content (AvgIpc) is 3.31. The van der Waals surface area contributed by atoms with E-state index in [2.05, 4.69) is 10.2 Å². The van der Waals surface area contributed by atoms with Gasteiger partial charge < -0.3 is 24.4 Å². The molecule has 2 aliphatic heterocycles. The number of hydrogen-bond acceptors (Lipinski definition) is 7. The van der Waals surface area contributed by atoms with Gasteiger partial charge in [0.15, 0.2) is 0 Å². The summed E-state index contributed by atoms with van der Waals surface area (Å²) in [6.45, 7) is 12.3. The lowest BCUT2D eigenvalue weighted by Gasteiger charge is -2.25. The first-order valence-electron chi connectivity index (χ1n) is 13.8. The van der Waals surface area contributed by atoms with Crippen LogP contribution < -0.4 is 10.1 Å². The van der Waals surface area contributed by atoms with E-state index in [4.69, 9.17) is 14.2 Å². The molecule has 210 valence electrons. The normalized spacial score (nSPS) is 15.6. The third-order valence-corrected chi connectivity index (χ3v) is 7.46. The second kappa shape index (κ2) is 14.2. The predicted octanol–water partition coefficient (Wildman–Crippen LogP) is 4.85. The highest BCUT2D eigenvalue weighted by molar-refractivity contribution is 6.05. The van der Waals surface area contributed by atoms with Crippen LogP contribution in [0.25, 0.3) is 0 Å². The Bertz CT molecular complexity index is 1040. The highest BCUT2D eigenvalue weighted by Gasteiger charge is 2.33. The van der Waals surface area contributed by atoms with Crippen LogP contribution in [-0.2, 0) is 27.3 Å². The number of nitrogens with one attached hydrogen (secondary N) is 1. The fraction of sp³-hybridized carbons (Fsp3) is 0.621. The van der Waals surface area contributed by atoms with Crippen molar-refractivity contribution in [3.63, 3.8) is 0 Å². The first-order chi connectivity index (χ1) is 18.3. The molecular weight excluding hydrogens is 486 g/mol. The number of esters is 2. The maximum Gasteiger partial charge on any atom is 0.341 e. The first-order valence-corrected chi connectivity index (χ1v) is 13.8. The van der Waals surface area contributed by atoms with Crippen LogP contribution in [-0.4, -0.2) is 74.2 Å². The van der Waals surface area contributed by atoms with Crippen LogP contribution in [0.15, 0.2) is 11.6 Å². The second-order valence-corrected chi connectivity index (χ2v) is 9.92. The first kappa shape index (κ1) is 29.5. The van der Waals surface area contributed by atoms with E-state index >= 15 is 0 Å². The molecule has 2 aliphatic rings. The van der Waals surface area contributed by atoms with Gasteiger partial charge in [-0.15, -0.1) is 0 Å². The SMILES string of the molecule is CCN(CC)C(=O)Nc1c(CC=C(C)CCC(=O)OCCN2CCCCC2)c(OC)c(C)c2c1C(=O)OC2. The summed E-state index contributed by atoms with van der Waals surface area (Å²) < 4.78 is 16.5. The number of fused-ring (bicyclic) bond motifs is 1. The lowest BCUT2D eigenvalue weighted by Crippen LogP contribution is -2.35. The number of ether oxygens (including phenoxy) is 3. The molecule has 1 saturated heterocycles. The molecule has 38 heavy (non-hydrogen) atoms. The number of urea groups is 1. The largest absolute Gasteiger partial charge is 0.496 e. The molecule has 0 unspecified atom stereocenters. The van der Waals surface area contributed by atoms with E-state index in [9.17, 15) is 14.4 Å². The molecule has 1 fully saturated rings. The molecular formula is C29H43N3O6. The Morgan fingerprint density at radius 1 is 1.13 bits per heavy atom. The lowest BCUT2D eigenvalue weighted by atomic mass is 9.93. The molecule has 9 heteroatoms. The summed E-state index contributed by atoms with van der Waals surface area (Å²) in [5.74, 6) is -0.0245. The van der Waals surface area contributed by atoms with Crippen LogP contribution in [0.2, 0.25) is 0 Å². The van der Waals surface area contributed by atoms with Gasteiger partial charge in [-0.1, -0.05) is 18.1 Å². The van der Waals surface area contributed by atoms with Gasteiger partial charge in [-0.05, 0) is 72.0 Å². The van der Waals surface area contributed by atoms with E-state index in [1.54, 1.807) is 12.0 Å². The third-order valence-electron chi connectivity index (χ3n) is 7.46. The highest BCUT2D eigenvalue weighted by Crippen LogP contribution is 2.41. The van der Waals surface area contributed by atoms with Crippen molar-refractivity contribution < 1.29 is 28.6 Å². The minimum atomic E-state index is -0.449. The average molecular weight is 530 g/mol. The maximum absolute atomic E-state index is 13.0. The van der Waals surface area contributed by atoms with Crippen LogP contribution in [0.4, 0.5) is 10.5 Å². The van der Waals surface area contributed by atoms with Gasteiger partial charge in [0.25, 0.3) is 0 Å². The smallest absolute Gasteiger partial charge is 0.341 e. The quantitative estimate of drug-likeness (QED) is 0.305. The van der Waals surface area contributed by atoms with E-state index in [-0.39, 0.29) is 18.6 Å². The fourth-order valence-electron chi connectivity index (χ4n) is 5.11. The van der Waals surface area contributed by atoms with Crippen LogP contribution in [0.3, 0.4) is 0 Å². The molecule has 0 aliphatic carbocycles. The van der Waals surface area contributed by atoms with Crippen LogP contribution in [0.1, 0.15) is 79.9 Å². The van der Waals surface area contributed by atoms with Gasteiger partial charge >= 0.3 is 18.0 Å². The topological polar surface area (TPSA) is 97.4 Å². The number of carbonyl (C=O) groups excluding carboxylic acids is 3. The third kappa shape index (κ3) is 7.28. The van der Waals surface area contributed by atoms with E-state index in [1.807, 2.05) is 33.8 Å². The van der Waals surface area contributed by atoms with E-state index in [0.29, 0.717) is 61.5 Å². The zero-order valence-corrected chi connectivity index (χ0v) is 23.6. The van der Waals surface area contributed by atoms with E-state index in [1.165, 1.54) is 19.3 Å². The molecule has 0 radical (unpaired) electrons. The van der Waals surface area contributed by atoms with Crippen molar-refractivity contribution in [2.24, 2.45) is 0 Å². The fourth-order valence-corrected chi connectivity index (χ4v) is 5.11.